The summed E-state index contributed by atoms with van der Waals surface area (Å²) in [6.45, 7) is 4.12. The highest BCUT2D eigenvalue weighted by Crippen LogP contribution is 2.19. The normalized spacial score (nSPS) is 23.0. The number of imidazole rings is 1. The van der Waals surface area contributed by atoms with Crippen LogP contribution in [0.5, 0.6) is 0 Å². The predicted molar refractivity (Wildman–Crippen MR) is 66.4 cm³/mol. The fourth-order valence-corrected chi connectivity index (χ4v) is 4.03. The van der Waals surface area contributed by atoms with Crippen LogP contribution in [0.15, 0.2) is 12.4 Å². The van der Waals surface area contributed by atoms with Gasteiger partial charge < -0.3 is 9.88 Å². The van der Waals surface area contributed by atoms with Crippen molar-refractivity contribution in [1.29, 1.82) is 0 Å². The molecule has 1 aromatic rings. The van der Waals surface area contributed by atoms with Crippen LogP contribution < -0.4 is 5.32 Å². The molecule has 17 heavy (non-hydrogen) atoms. The largest absolute Gasteiger partial charge is 0.334 e. The van der Waals surface area contributed by atoms with Gasteiger partial charge in [0, 0.05) is 25.5 Å². The topological polar surface area (TPSA) is 64.0 Å². The van der Waals surface area contributed by atoms with Crippen molar-refractivity contribution >= 4 is 9.84 Å². The maximum absolute atomic E-state index is 11.6. The molecule has 0 aromatic carbocycles. The van der Waals surface area contributed by atoms with Crippen molar-refractivity contribution in [3.05, 3.63) is 18.2 Å². The van der Waals surface area contributed by atoms with Gasteiger partial charge in [0.2, 0.25) is 0 Å². The molecule has 1 aromatic heterocycles. The molecule has 1 fully saturated rings. The van der Waals surface area contributed by atoms with Crippen LogP contribution in [0.1, 0.15) is 25.6 Å². The van der Waals surface area contributed by atoms with Crippen molar-refractivity contribution in [2.24, 2.45) is 0 Å². The Bertz CT molecular complexity index is 467. The minimum atomic E-state index is -2.83. The number of aromatic nitrogens is 2. The number of hydrogen-bond acceptors (Lipinski definition) is 4. The summed E-state index contributed by atoms with van der Waals surface area (Å²) < 4.78 is 25.3. The molecule has 0 bridgehead atoms. The van der Waals surface area contributed by atoms with Gasteiger partial charge in [-0.1, -0.05) is 0 Å². The molecule has 0 saturated carbocycles. The smallest absolute Gasteiger partial charge is 0.154 e. The molecule has 0 amide bonds. The van der Waals surface area contributed by atoms with Gasteiger partial charge >= 0.3 is 0 Å². The lowest BCUT2D eigenvalue weighted by molar-refractivity contribution is 0.562. The molecule has 1 N–H and O–H groups in total. The molecule has 1 aliphatic heterocycles. The van der Waals surface area contributed by atoms with Crippen LogP contribution in [0.4, 0.5) is 0 Å². The molecule has 0 spiro atoms. The van der Waals surface area contributed by atoms with E-state index in [4.69, 9.17) is 0 Å². The van der Waals surface area contributed by atoms with E-state index >= 15 is 0 Å². The highest BCUT2D eigenvalue weighted by atomic mass is 32.2. The zero-order valence-electron chi connectivity index (χ0n) is 10.1. The number of nitrogens with one attached hydrogen (secondary N) is 1. The second kappa shape index (κ2) is 5.18. The fraction of sp³-hybridized carbons (Fsp3) is 0.727. The SMILES string of the molecule is CCn1ccnc1CNCC1CCCS1(=O)=O. The third-order valence-electron chi connectivity index (χ3n) is 3.26. The quantitative estimate of drug-likeness (QED) is 0.837. The van der Waals surface area contributed by atoms with Crippen molar-refractivity contribution in [3.63, 3.8) is 0 Å². The second-order valence-electron chi connectivity index (χ2n) is 4.39. The molecule has 5 nitrogen and oxygen atoms in total. The predicted octanol–water partition coefficient (Wildman–Crippen LogP) is 0.570. The summed E-state index contributed by atoms with van der Waals surface area (Å²) >= 11 is 0. The number of hydrogen-bond donors (Lipinski definition) is 1. The number of rotatable bonds is 5. The molecule has 2 rings (SSSR count). The molecule has 1 aliphatic rings. The highest BCUT2D eigenvalue weighted by Gasteiger charge is 2.30. The summed E-state index contributed by atoms with van der Waals surface area (Å²) in [6, 6.07) is 0. The van der Waals surface area contributed by atoms with Gasteiger partial charge in [-0.15, -0.1) is 0 Å². The molecule has 96 valence electrons. The first-order valence-electron chi connectivity index (χ1n) is 6.06. The van der Waals surface area contributed by atoms with E-state index in [-0.39, 0.29) is 5.25 Å². The molecule has 1 atom stereocenters. The van der Waals surface area contributed by atoms with Gasteiger partial charge in [-0.05, 0) is 19.8 Å². The molecule has 1 unspecified atom stereocenters. The Morgan fingerprint density at radius 2 is 2.41 bits per heavy atom. The molecule has 1 saturated heterocycles. The monoisotopic (exact) mass is 257 g/mol. The van der Waals surface area contributed by atoms with Gasteiger partial charge in [0.1, 0.15) is 5.82 Å². The van der Waals surface area contributed by atoms with Crippen molar-refractivity contribution < 1.29 is 8.42 Å². The average molecular weight is 257 g/mol. The van der Waals surface area contributed by atoms with E-state index in [1.165, 1.54) is 0 Å². The lowest BCUT2D eigenvalue weighted by Gasteiger charge is -2.11. The fourth-order valence-electron chi connectivity index (χ4n) is 2.23. The van der Waals surface area contributed by atoms with Gasteiger partial charge in [-0.2, -0.15) is 0 Å². The Morgan fingerprint density at radius 1 is 1.59 bits per heavy atom. The van der Waals surface area contributed by atoms with Crippen LogP contribution in [-0.2, 0) is 22.9 Å². The summed E-state index contributed by atoms with van der Waals surface area (Å²) in [6.07, 6.45) is 5.30. The van der Waals surface area contributed by atoms with Crippen LogP contribution in [0.25, 0.3) is 0 Å². The number of sulfone groups is 1. The van der Waals surface area contributed by atoms with Crippen LogP contribution in [-0.4, -0.2) is 35.5 Å². The van der Waals surface area contributed by atoms with Crippen LogP contribution >= 0.6 is 0 Å². The van der Waals surface area contributed by atoms with E-state index in [1.807, 2.05) is 6.20 Å². The lowest BCUT2D eigenvalue weighted by Crippen LogP contribution is -2.30. The Hall–Kier alpha value is -0.880. The molecule has 2 heterocycles. The average Bonchev–Trinajstić information content (AvgIpc) is 2.86. The van der Waals surface area contributed by atoms with E-state index in [0.717, 1.165) is 25.2 Å². The van der Waals surface area contributed by atoms with Crippen LogP contribution in [0, 0.1) is 0 Å². The third-order valence-corrected chi connectivity index (χ3v) is 5.54. The first-order chi connectivity index (χ1) is 8.13. The molecule has 0 aliphatic carbocycles. The van der Waals surface area contributed by atoms with Crippen LogP contribution in [0.2, 0.25) is 0 Å². The van der Waals surface area contributed by atoms with Crippen molar-refractivity contribution in [1.82, 2.24) is 14.9 Å². The maximum atomic E-state index is 11.6. The first kappa shape index (κ1) is 12.6. The molecule has 0 radical (unpaired) electrons. The van der Waals surface area contributed by atoms with E-state index in [2.05, 4.69) is 21.8 Å². The summed E-state index contributed by atoms with van der Waals surface area (Å²) in [5.41, 5.74) is 0. The van der Waals surface area contributed by atoms with Gasteiger partial charge in [-0.25, -0.2) is 13.4 Å². The van der Waals surface area contributed by atoms with E-state index in [0.29, 0.717) is 18.8 Å². The summed E-state index contributed by atoms with van der Waals surface area (Å²) in [5.74, 6) is 1.31. The van der Waals surface area contributed by atoms with Crippen molar-refractivity contribution in [2.45, 2.75) is 38.1 Å². The van der Waals surface area contributed by atoms with Gasteiger partial charge in [0.05, 0.1) is 17.5 Å². The Kier molecular flexibility index (Phi) is 3.83. The lowest BCUT2D eigenvalue weighted by atomic mass is 10.2. The van der Waals surface area contributed by atoms with Crippen molar-refractivity contribution in [3.8, 4) is 0 Å². The molecular weight excluding hydrogens is 238 g/mol. The van der Waals surface area contributed by atoms with E-state index in [9.17, 15) is 8.42 Å². The highest BCUT2D eigenvalue weighted by molar-refractivity contribution is 7.92. The Balaban J connectivity index is 1.84. The maximum Gasteiger partial charge on any atom is 0.154 e. The van der Waals surface area contributed by atoms with Gasteiger partial charge in [0.15, 0.2) is 9.84 Å². The standard InChI is InChI=1S/C11H19N3O2S/c1-2-14-6-5-13-11(14)9-12-8-10-4-3-7-17(10,15)16/h5-6,10,12H,2-4,7-9H2,1H3. The summed E-state index contributed by atoms with van der Waals surface area (Å²) in [4.78, 5) is 4.24. The first-order valence-corrected chi connectivity index (χ1v) is 7.77. The third kappa shape index (κ3) is 2.87. The Labute approximate surface area is 102 Å². The van der Waals surface area contributed by atoms with Crippen LogP contribution in [0.3, 0.4) is 0 Å². The Morgan fingerprint density at radius 3 is 3.06 bits per heavy atom. The zero-order chi connectivity index (χ0) is 12.3. The summed E-state index contributed by atoms with van der Waals surface area (Å²) in [7, 11) is -2.83. The summed E-state index contributed by atoms with van der Waals surface area (Å²) in [5, 5.41) is 3.00. The number of nitrogens with zero attached hydrogens (tertiary/aromatic N) is 2. The number of aryl methyl sites for hydroxylation is 1. The minimum Gasteiger partial charge on any atom is -0.334 e. The minimum absolute atomic E-state index is 0.201. The van der Waals surface area contributed by atoms with E-state index in [1.54, 1.807) is 6.20 Å². The van der Waals surface area contributed by atoms with Gasteiger partial charge in [-0.3, -0.25) is 0 Å². The zero-order valence-corrected chi connectivity index (χ0v) is 10.9. The second-order valence-corrected chi connectivity index (χ2v) is 6.79. The van der Waals surface area contributed by atoms with Gasteiger partial charge in [0.25, 0.3) is 0 Å². The van der Waals surface area contributed by atoms with Crippen molar-refractivity contribution in [2.75, 3.05) is 12.3 Å². The van der Waals surface area contributed by atoms with E-state index < -0.39 is 9.84 Å². The molecular formula is C11H19N3O2S. The molecule has 6 heteroatoms.